The summed E-state index contributed by atoms with van der Waals surface area (Å²) in [7, 11) is 3.18. The summed E-state index contributed by atoms with van der Waals surface area (Å²) < 4.78 is 10.2. The van der Waals surface area contributed by atoms with Crippen LogP contribution in [0.4, 0.5) is 5.69 Å². The van der Waals surface area contributed by atoms with Crippen molar-refractivity contribution < 1.29 is 14.3 Å². The van der Waals surface area contributed by atoms with Crippen molar-refractivity contribution in [1.29, 1.82) is 0 Å². The molecule has 2 aromatic rings. The van der Waals surface area contributed by atoms with Crippen molar-refractivity contribution in [3.63, 3.8) is 0 Å². The highest BCUT2D eigenvalue weighted by Crippen LogP contribution is 2.17. The van der Waals surface area contributed by atoms with Gasteiger partial charge in [-0.25, -0.2) is 0 Å². The zero-order chi connectivity index (χ0) is 16.7. The maximum atomic E-state index is 12.2. The van der Waals surface area contributed by atoms with Crippen LogP contribution in [0.2, 0.25) is 0 Å². The molecule has 0 saturated heterocycles. The number of ether oxygens (including phenoxy) is 2. The molecule has 0 unspecified atom stereocenters. The molecule has 5 nitrogen and oxygen atoms in total. The van der Waals surface area contributed by atoms with Gasteiger partial charge in [-0.05, 0) is 48.5 Å². The van der Waals surface area contributed by atoms with E-state index in [9.17, 15) is 4.79 Å². The second-order valence-electron chi connectivity index (χ2n) is 4.89. The fraction of sp³-hybridized carbons (Fsp3) is 0.167. The smallest absolute Gasteiger partial charge is 0.181 e. The molecule has 0 aromatic heterocycles. The summed E-state index contributed by atoms with van der Waals surface area (Å²) in [4.78, 5) is 12.2. The molecule has 0 aliphatic rings. The average Bonchev–Trinajstić information content (AvgIpc) is 2.59. The Kier molecular flexibility index (Phi) is 5.63. The van der Waals surface area contributed by atoms with E-state index in [0.717, 1.165) is 17.0 Å². The normalized spacial score (nSPS) is 11.0. The summed E-state index contributed by atoms with van der Waals surface area (Å²) in [5.41, 5.74) is 8.49. The topological polar surface area (TPSA) is 73.6 Å². The lowest BCUT2D eigenvalue weighted by Crippen LogP contribution is -2.22. The van der Waals surface area contributed by atoms with Crippen LogP contribution in [0, 0.1) is 0 Å². The summed E-state index contributed by atoms with van der Waals surface area (Å²) in [6, 6.07) is 14.3. The van der Waals surface area contributed by atoms with Gasteiger partial charge in [-0.3, -0.25) is 4.79 Å². The van der Waals surface area contributed by atoms with Gasteiger partial charge >= 0.3 is 0 Å². The molecule has 23 heavy (non-hydrogen) atoms. The van der Waals surface area contributed by atoms with E-state index in [-0.39, 0.29) is 12.3 Å². The van der Waals surface area contributed by atoms with Gasteiger partial charge in [-0.2, -0.15) is 0 Å². The zero-order valence-electron chi connectivity index (χ0n) is 13.2. The first kappa shape index (κ1) is 16.4. The van der Waals surface area contributed by atoms with Crippen molar-refractivity contribution in [3.05, 3.63) is 65.9 Å². The van der Waals surface area contributed by atoms with Crippen LogP contribution in [0.25, 0.3) is 5.70 Å². The van der Waals surface area contributed by atoms with Gasteiger partial charge in [-0.15, -0.1) is 0 Å². The lowest BCUT2D eigenvalue weighted by atomic mass is 10.1. The Labute approximate surface area is 135 Å². The summed E-state index contributed by atoms with van der Waals surface area (Å²) in [5, 5.41) is 3.10. The molecule has 0 aliphatic carbocycles. The van der Waals surface area contributed by atoms with Gasteiger partial charge in [0.1, 0.15) is 12.0 Å². The number of rotatable bonds is 7. The molecule has 2 rings (SSSR count). The number of hydrogen-bond acceptors (Lipinski definition) is 5. The van der Waals surface area contributed by atoms with Crippen LogP contribution in [0.1, 0.15) is 15.9 Å². The van der Waals surface area contributed by atoms with Crippen molar-refractivity contribution in [2.24, 2.45) is 0 Å². The molecule has 3 N–H and O–H groups in total. The standard InChI is InChI=1S/C18H20N2O3/c1-22-12-17(13-5-9-16(23-2)10-6-13)20-11-18(21)14-3-7-15(19)8-4-14/h3-10,12,20H,11,19H2,1-2H3/b17-12-. The predicted molar refractivity (Wildman–Crippen MR) is 91.2 cm³/mol. The Morgan fingerprint density at radius 2 is 1.65 bits per heavy atom. The lowest BCUT2D eigenvalue weighted by Gasteiger charge is -2.11. The Bertz CT molecular complexity index is 676. The Morgan fingerprint density at radius 1 is 1.04 bits per heavy atom. The first-order chi connectivity index (χ1) is 11.1. The molecule has 5 heteroatoms. The van der Waals surface area contributed by atoms with Gasteiger partial charge < -0.3 is 20.5 Å². The second-order valence-corrected chi connectivity index (χ2v) is 4.89. The molecule has 0 fully saturated rings. The molecule has 0 atom stereocenters. The molecular formula is C18H20N2O3. The highest BCUT2D eigenvalue weighted by atomic mass is 16.5. The first-order valence-corrected chi connectivity index (χ1v) is 7.14. The third-order valence-corrected chi connectivity index (χ3v) is 3.31. The maximum absolute atomic E-state index is 12.2. The summed E-state index contributed by atoms with van der Waals surface area (Å²) in [6.45, 7) is 0.158. The molecule has 120 valence electrons. The fourth-order valence-electron chi connectivity index (χ4n) is 2.05. The lowest BCUT2D eigenvalue weighted by molar-refractivity contribution is 0.0995. The van der Waals surface area contributed by atoms with Crippen LogP contribution in [0.15, 0.2) is 54.8 Å². The fourth-order valence-corrected chi connectivity index (χ4v) is 2.05. The zero-order valence-corrected chi connectivity index (χ0v) is 13.2. The van der Waals surface area contributed by atoms with Gasteiger partial charge in [0.2, 0.25) is 0 Å². The van der Waals surface area contributed by atoms with E-state index < -0.39 is 0 Å². The molecule has 0 radical (unpaired) electrons. The third-order valence-electron chi connectivity index (χ3n) is 3.31. The largest absolute Gasteiger partial charge is 0.502 e. The molecular weight excluding hydrogens is 292 g/mol. The number of hydrogen-bond donors (Lipinski definition) is 2. The van der Waals surface area contributed by atoms with E-state index >= 15 is 0 Å². The van der Waals surface area contributed by atoms with Crippen molar-refractivity contribution in [3.8, 4) is 5.75 Å². The number of anilines is 1. The summed E-state index contributed by atoms with van der Waals surface area (Å²) in [6.07, 6.45) is 1.57. The number of nitrogens with two attached hydrogens (primary N) is 1. The number of nitrogen functional groups attached to an aromatic ring is 1. The van der Waals surface area contributed by atoms with Crippen LogP contribution in [-0.4, -0.2) is 26.5 Å². The molecule has 0 bridgehead atoms. The van der Waals surface area contributed by atoms with Gasteiger partial charge in [0, 0.05) is 16.8 Å². The van der Waals surface area contributed by atoms with Gasteiger partial charge in [-0.1, -0.05) is 0 Å². The maximum Gasteiger partial charge on any atom is 0.181 e. The number of ketones is 1. The number of carbonyl (C=O) groups is 1. The predicted octanol–water partition coefficient (Wildman–Crippen LogP) is 2.69. The van der Waals surface area contributed by atoms with Crippen LogP contribution >= 0.6 is 0 Å². The van der Waals surface area contributed by atoms with Crippen molar-refractivity contribution in [2.45, 2.75) is 0 Å². The van der Waals surface area contributed by atoms with Gasteiger partial charge in [0.15, 0.2) is 5.78 Å². The third kappa shape index (κ3) is 4.51. The van der Waals surface area contributed by atoms with Gasteiger partial charge in [0.05, 0.1) is 26.5 Å². The Hall–Kier alpha value is -2.95. The minimum Gasteiger partial charge on any atom is -0.502 e. The van der Waals surface area contributed by atoms with Crippen LogP contribution in [0.3, 0.4) is 0 Å². The summed E-state index contributed by atoms with van der Waals surface area (Å²) >= 11 is 0. The average molecular weight is 312 g/mol. The van der Waals surface area contributed by atoms with E-state index in [1.54, 1.807) is 44.7 Å². The van der Waals surface area contributed by atoms with Crippen LogP contribution in [-0.2, 0) is 4.74 Å². The number of benzene rings is 2. The number of methoxy groups -OCH3 is 2. The molecule has 2 aromatic carbocycles. The van der Waals surface area contributed by atoms with E-state index in [1.165, 1.54) is 0 Å². The van der Waals surface area contributed by atoms with Crippen LogP contribution < -0.4 is 15.8 Å². The van der Waals surface area contributed by atoms with E-state index in [0.29, 0.717) is 11.3 Å². The Balaban J connectivity index is 2.06. The van der Waals surface area contributed by atoms with Gasteiger partial charge in [0.25, 0.3) is 0 Å². The minimum atomic E-state index is -0.0273. The molecule has 0 spiro atoms. The van der Waals surface area contributed by atoms with Crippen LogP contribution in [0.5, 0.6) is 5.75 Å². The van der Waals surface area contributed by atoms with E-state index in [4.69, 9.17) is 15.2 Å². The van der Waals surface area contributed by atoms with E-state index in [1.807, 2.05) is 24.3 Å². The number of Topliss-reactive ketones (excluding diaryl/α,β-unsaturated/α-hetero) is 1. The second kappa shape index (κ2) is 7.89. The number of carbonyl (C=O) groups excluding carboxylic acids is 1. The Morgan fingerprint density at radius 3 is 2.22 bits per heavy atom. The quantitative estimate of drug-likeness (QED) is 0.467. The van der Waals surface area contributed by atoms with Crippen molar-refractivity contribution >= 4 is 17.2 Å². The molecule has 0 saturated carbocycles. The van der Waals surface area contributed by atoms with Crippen molar-refractivity contribution in [1.82, 2.24) is 5.32 Å². The van der Waals surface area contributed by atoms with E-state index in [2.05, 4.69) is 5.32 Å². The molecule has 0 amide bonds. The summed E-state index contributed by atoms with van der Waals surface area (Å²) in [5.74, 6) is 0.740. The SMILES string of the molecule is CO/C=C(\NCC(=O)c1ccc(N)cc1)c1ccc(OC)cc1. The minimum absolute atomic E-state index is 0.0273. The highest BCUT2D eigenvalue weighted by Gasteiger charge is 2.08. The molecule has 0 aliphatic heterocycles. The first-order valence-electron chi connectivity index (χ1n) is 7.14. The number of nitrogens with one attached hydrogen (secondary N) is 1. The molecule has 0 heterocycles. The monoisotopic (exact) mass is 312 g/mol. The van der Waals surface area contributed by atoms with Crippen molar-refractivity contribution in [2.75, 3.05) is 26.5 Å². The highest BCUT2D eigenvalue weighted by molar-refractivity contribution is 5.98.